The van der Waals surface area contributed by atoms with Gasteiger partial charge in [0.15, 0.2) is 5.11 Å². The first-order chi connectivity index (χ1) is 16.3. The SMILES string of the molecule is Cc1cccc(N2C(=S)NC(c3ccccn3)C2c2cccn2-c2cccc(C(F)(F)F)c2)c1. The van der Waals surface area contributed by atoms with E-state index in [1.54, 1.807) is 23.0 Å². The van der Waals surface area contributed by atoms with Crippen molar-refractivity contribution in [2.24, 2.45) is 0 Å². The molecule has 8 heteroatoms. The number of benzene rings is 2. The zero-order valence-electron chi connectivity index (χ0n) is 18.2. The number of aromatic nitrogens is 2. The Hall–Kier alpha value is -3.65. The first-order valence-electron chi connectivity index (χ1n) is 10.7. The molecule has 4 aromatic rings. The Bertz CT molecular complexity index is 1330. The number of nitrogens with zero attached hydrogens (tertiary/aromatic N) is 3. The van der Waals surface area contributed by atoms with E-state index in [1.807, 2.05) is 66.4 Å². The van der Waals surface area contributed by atoms with E-state index in [0.717, 1.165) is 34.8 Å². The third-order valence-corrected chi connectivity index (χ3v) is 6.23. The molecule has 2 aromatic carbocycles. The number of anilines is 1. The van der Waals surface area contributed by atoms with Crippen LogP contribution in [-0.4, -0.2) is 14.7 Å². The van der Waals surface area contributed by atoms with E-state index in [0.29, 0.717) is 10.8 Å². The second-order valence-corrected chi connectivity index (χ2v) is 8.57. The summed E-state index contributed by atoms with van der Waals surface area (Å²) < 4.78 is 42.0. The maximum Gasteiger partial charge on any atom is 0.416 e. The van der Waals surface area contributed by atoms with Crippen molar-refractivity contribution in [2.45, 2.75) is 25.2 Å². The Labute approximate surface area is 200 Å². The van der Waals surface area contributed by atoms with Crippen LogP contribution in [0.15, 0.2) is 91.3 Å². The molecule has 0 saturated carbocycles. The molecule has 1 saturated heterocycles. The molecular weight excluding hydrogens is 457 g/mol. The molecule has 0 bridgehead atoms. The van der Waals surface area contributed by atoms with Crippen molar-refractivity contribution in [1.82, 2.24) is 14.9 Å². The van der Waals surface area contributed by atoms with E-state index in [2.05, 4.69) is 10.3 Å². The topological polar surface area (TPSA) is 33.1 Å². The molecule has 2 atom stereocenters. The monoisotopic (exact) mass is 478 g/mol. The van der Waals surface area contributed by atoms with E-state index in [-0.39, 0.29) is 12.1 Å². The minimum absolute atomic E-state index is 0.298. The molecule has 0 aliphatic carbocycles. The van der Waals surface area contributed by atoms with Crippen LogP contribution in [0.5, 0.6) is 0 Å². The van der Waals surface area contributed by atoms with Gasteiger partial charge in [0.25, 0.3) is 0 Å². The van der Waals surface area contributed by atoms with Crippen molar-refractivity contribution in [3.05, 3.63) is 114 Å². The van der Waals surface area contributed by atoms with Gasteiger partial charge in [0.1, 0.15) is 6.04 Å². The smallest absolute Gasteiger partial charge is 0.351 e. The van der Waals surface area contributed by atoms with Gasteiger partial charge in [-0.3, -0.25) is 4.98 Å². The maximum atomic E-state index is 13.4. The van der Waals surface area contributed by atoms with E-state index >= 15 is 0 Å². The molecule has 1 fully saturated rings. The number of hydrogen-bond donors (Lipinski definition) is 1. The normalized spacial score (nSPS) is 18.2. The van der Waals surface area contributed by atoms with Crippen LogP contribution in [0.1, 0.15) is 34.6 Å². The number of pyridine rings is 1. The number of rotatable bonds is 4. The molecular formula is C26H21F3N4S. The van der Waals surface area contributed by atoms with Crippen molar-refractivity contribution >= 4 is 23.0 Å². The standard InChI is InChI=1S/C26H21F3N4S/c1-17-7-4-10-20(15-17)33-24(23(31-25(33)34)21-11-2-3-13-30-21)22-12-6-14-32(22)19-9-5-8-18(16-19)26(27,28)29/h2-16,23-24H,1H3,(H,31,34). The lowest BCUT2D eigenvalue weighted by atomic mass is 10.0. The lowest BCUT2D eigenvalue weighted by Crippen LogP contribution is -2.30. The highest BCUT2D eigenvalue weighted by molar-refractivity contribution is 7.80. The van der Waals surface area contributed by atoms with Gasteiger partial charge in [0, 0.05) is 29.5 Å². The average Bonchev–Trinajstić information content (AvgIpc) is 3.43. The van der Waals surface area contributed by atoms with Crippen LogP contribution >= 0.6 is 12.2 Å². The quantitative estimate of drug-likeness (QED) is 0.345. The third-order valence-electron chi connectivity index (χ3n) is 5.91. The van der Waals surface area contributed by atoms with Gasteiger partial charge in [-0.2, -0.15) is 13.2 Å². The Morgan fingerprint density at radius 1 is 0.912 bits per heavy atom. The summed E-state index contributed by atoms with van der Waals surface area (Å²) in [5, 5.41) is 3.92. The minimum Gasteiger partial charge on any atom is -0.351 e. The summed E-state index contributed by atoms with van der Waals surface area (Å²) in [6, 6.07) is 22.1. The highest BCUT2D eigenvalue weighted by atomic mass is 32.1. The second kappa shape index (κ2) is 8.61. The number of hydrogen-bond acceptors (Lipinski definition) is 2. The summed E-state index contributed by atoms with van der Waals surface area (Å²) in [6.07, 6.45) is -0.932. The second-order valence-electron chi connectivity index (χ2n) is 8.19. The Morgan fingerprint density at radius 3 is 2.44 bits per heavy atom. The maximum absolute atomic E-state index is 13.4. The van der Waals surface area contributed by atoms with Gasteiger partial charge < -0.3 is 14.8 Å². The number of aryl methyl sites for hydroxylation is 1. The van der Waals surface area contributed by atoms with Crippen molar-refractivity contribution in [1.29, 1.82) is 0 Å². The number of alkyl halides is 3. The highest BCUT2D eigenvalue weighted by Gasteiger charge is 2.42. The van der Waals surface area contributed by atoms with Crippen LogP contribution in [0.25, 0.3) is 5.69 Å². The summed E-state index contributed by atoms with van der Waals surface area (Å²) in [6.45, 7) is 2.01. The number of thiocarbonyl (C=S) groups is 1. The fourth-order valence-electron chi connectivity index (χ4n) is 4.41. The molecule has 0 amide bonds. The summed E-state index contributed by atoms with van der Waals surface area (Å²) in [7, 11) is 0. The number of nitrogens with one attached hydrogen (secondary N) is 1. The molecule has 34 heavy (non-hydrogen) atoms. The van der Waals surface area contributed by atoms with Crippen LogP contribution < -0.4 is 10.2 Å². The van der Waals surface area contributed by atoms with E-state index in [9.17, 15) is 13.2 Å². The van der Waals surface area contributed by atoms with Crippen molar-refractivity contribution < 1.29 is 13.2 Å². The van der Waals surface area contributed by atoms with Crippen LogP contribution in [0.2, 0.25) is 0 Å². The third kappa shape index (κ3) is 4.05. The van der Waals surface area contributed by atoms with Crippen molar-refractivity contribution in [2.75, 3.05) is 4.90 Å². The van der Waals surface area contributed by atoms with E-state index < -0.39 is 11.7 Å². The predicted molar refractivity (Wildman–Crippen MR) is 130 cm³/mol. The molecule has 5 rings (SSSR count). The summed E-state index contributed by atoms with van der Waals surface area (Å²) in [5.41, 5.74) is 3.30. The van der Waals surface area contributed by atoms with Gasteiger partial charge in [-0.25, -0.2) is 0 Å². The zero-order chi connectivity index (χ0) is 23.9. The molecule has 1 aliphatic rings. The lowest BCUT2D eigenvalue weighted by molar-refractivity contribution is -0.137. The fourth-order valence-corrected chi connectivity index (χ4v) is 4.76. The summed E-state index contributed by atoms with van der Waals surface area (Å²) in [5.74, 6) is 0. The molecule has 0 radical (unpaired) electrons. The van der Waals surface area contributed by atoms with Crippen LogP contribution in [0.4, 0.5) is 18.9 Å². The van der Waals surface area contributed by atoms with Crippen LogP contribution in [0.3, 0.4) is 0 Å². The van der Waals surface area contributed by atoms with Gasteiger partial charge in [0.2, 0.25) is 0 Å². The molecule has 3 heterocycles. The molecule has 1 aliphatic heterocycles. The van der Waals surface area contributed by atoms with E-state index in [1.165, 1.54) is 6.07 Å². The zero-order valence-corrected chi connectivity index (χ0v) is 19.0. The summed E-state index contributed by atoms with van der Waals surface area (Å²) >= 11 is 5.75. The lowest BCUT2D eigenvalue weighted by Gasteiger charge is -2.29. The molecule has 172 valence electrons. The van der Waals surface area contributed by atoms with Crippen molar-refractivity contribution in [3.63, 3.8) is 0 Å². The highest BCUT2D eigenvalue weighted by Crippen LogP contribution is 2.42. The van der Waals surface area contributed by atoms with Crippen molar-refractivity contribution in [3.8, 4) is 5.69 Å². The largest absolute Gasteiger partial charge is 0.416 e. The van der Waals surface area contributed by atoms with Gasteiger partial charge in [-0.1, -0.05) is 24.3 Å². The molecule has 1 N–H and O–H groups in total. The summed E-state index contributed by atoms with van der Waals surface area (Å²) in [4.78, 5) is 6.56. The minimum atomic E-state index is -4.43. The van der Waals surface area contributed by atoms with Gasteiger partial charge >= 0.3 is 6.18 Å². The van der Waals surface area contributed by atoms with Gasteiger partial charge in [-0.05, 0) is 79.3 Å². The fraction of sp³-hybridized carbons (Fsp3) is 0.154. The first-order valence-corrected chi connectivity index (χ1v) is 11.2. The first kappa shape index (κ1) is 22.2. The van der Waals surface area contributed by atoms with Gasteiger partial charge in [-0.15, -0.1) is 0 Å². The number of halogens is 3. The Kier molecular flexibility index (Phi) is 5.61. The molecule has 0 spiro atoms. The molecule has 2 unspecified atom stereocenters. The van der Waals surface area contributed by atoms with Crippen LogP contribution in [0, 0.1) is 6.92 Å². The van der Waals surface area contributed by atoms with E-state index in [4.69, 9.17) is 12.2 Å². The van der Waals surface area contributed by atoms with Gasteiger partial charge in [0.05, 0.1) is 17.3 Å². The predicted octanol–water partition coefficient (Wildman–Crippen LogP) is 6.38. The Morgan fingerprint density at radius 2 is 1.71 bits per heavy atom. The average molecular weight is 479 g/mol. The molecule has 2 aromatic heterocycles. The van der Waals surface area contributed by atoms with Crippen LogP contribution in [-0.2, 0) is 6.18 Å². The molecule has 4 nitrogen and oxygen atoms in total. The Balaban J connectivity index is 1.67.